The Labute approximate surface area is 123 Å². The average molecular weight is 239 g/mol. The summed E-state index contributed by atoms with van der Waals surface area (Å²) in [6.07, 6.45) is 17.2. The van der Waals surface area contributed by atoms with Gasteiger partial charge in [0.05, 0.1) is 0 Å². The summed E-state index contributed by atoms with van der Waals surface area (Å²) >= 11 is 0. The molecule has 0 radical (unpaired) electrons. The van der Waals surface area contributed by atoms with Gasteiger partial charge >= 0.3 is 23.1 Å². The molecule has 0 spiro atoms. The second kappa shape index (κ2) is 8.76. The summed E-state index contributed by atoms with van der Waals surface area (Å²) in [4.78, 5) is 0. The summed E-state index contributed by atoms with van der Waals surface area (Å²) in [6, 6.07) is 0. The van der Waals surface area contributed by atoms with E-state index in [1.54, 1.807) is 0 Å². The minimum absolute atomic E-state index is 0. The summed E-state index contributed by atoms with van der Waals surface area (Å²) < 4.78 is 0. The summed E-state index contributed by atoms with van der Waals surface area (Å²) in [6.45, 7) is 8.77. The Morgan fingerprint density at radius 1 is 0.824 bits per heavy atom. The minimum Gasteiger partial charge on any atom is -0.269 e. The van der Waals surface area contributed by atoms with E-state index in [0.717, 1.165) is 12.8 Å². The molecule has 17 heavy (non-hydrogen) atoms. The van der Waals surface area contributed by atoms with E-state index in [9.17, 15) is 0 Å². The van der Waals surface area contributed by atoms with E-state index in [4.69, 9.17) is 0 Å². The molecule has 2 rings (SSSR count). The molecule has 0 saturated heterocycles. The van der Waals surface area contributed by atoms with Gasteiger partial charge < -0.3 is 0 Å². The molecule has 0 heterocycles. The predicted octanol–water partition coefficient (Wildman–Crippen LogP) is 4.28. The SMILES string of the molecule is CC(C)C1=[C-]CC=C1.CC(C)C1=[C-]CC=C1.[Mg+2]. The van der Waals surface area contributed by atoms with Crippen molar-refractivity contribution in [2.24, 2.45) is 11.8 Å². The summed E-state index contributed by atoms with van der Waals surface area (Å²) in [5, 5.41) is 0. The zero-order valence-electron chi connectivity index (χ0n) is 11.6. The molecule has 0 aromatic rings. The maximum Gasteiger partial charge on any atom is 2.00 e. The second-order valence-corrected chi connectivity index (χ2v) is 4.79. The first-order valence-corrected chi connectivity index (χ1v) is 6.15. The van der Waals surface area contributed by atoms with Crippen molar-refractivity contribution in [1.82, 2.24) is 0 Å². The fraction of sp³-hybridized carbons (Fsp3) is 0.500. The Hall–Kier alpha value is -0.274. The Bertz CT molecular complexity index is 293. The maximum absolute atomic E-state index is 3.26. The fourth-order valence-corrected chi connectivity index (χ4v) is 1.64. The molecule has 0 bridgehead atoms. The molecule has 0 unspecified atom stereocenters. The molecule has 88 valence electrons. The Morgan fingerprint density at radius 2 is 1.18 bits per heavy atom. The Morgan fingerprint density at radius 3 is 1.29 bits per heavy atom. The first kappa shape index (κ1) is 16.7. The van der Waals surface area contributed by atoms with Crippen LogP contribution in [-0.4, -0.2) is 23.1 Å². The van der Waals surface area contributed by atoms with Crippen LogP contribution >= 0.6 is 0 Å². The van der Waals surface area contributed by atoms with Crippen molar-refractivity contribution in [2.75, 3.05) is 0 Å². The van der Waals surface area contributed by atoms with Crippen LogP contribution in [0.1, 0.15) is 40.5 Å². The van der Waals surface area contributed by atoms with Crippen LogP contribution in [0.25, 0.3) is 0 Å². The largest absolute Gasteiger partial charge is 2.00 e. The molecular weight excluding hydrogens is 216 g/mol. The Kier molecular flexibility index (Phi) is 8.62. The first-order chi connectivity index (χ1) is 7.61. The van der Waals surface area contributed by atoms with Gasteiger partial charge in [0, 0.05) is 0 Å². The van der Waals surface area contributed by atoms with Crippen LogP contribution in [0.4, 0.5) is 0 Å². The molecule has 0 aromatic carbocycles. The van der Waals surface area contributed by atoms with Crippen LogP contribution < -0.4 is 0 Å². The number of hydrogen-bond donors (Lipinski definition) is 0. The standard InChI is InChI=1S/2C8H11.Mg/c2*1-7(2)8-5-3-4-6-8;/h2*3,5,7H,4H2,1-2H3;/q2*-1;+2. The van der Waals surface area contributed by atoms with Gasteiger partial charge in [0.1, 0.15) is 0 Å². The van der Waals surface area contributed by atoms with Crippen molar-refractivity contribution >= 4 is 23.1 Å². The smallest absolute Gasteiger partial charge is 0.269 e. The van der Waals surface area contributed by atoms with Crippen LogP contribution in [0.5, 0.6) is 0 Å². The van der Waals surface area contributed by atoms with Gasteiger partial charge in [-0.15, -0.1) is 12.8 Å². The predicted molar refractivity (Wildman–Crippen MR) is 76.5 cm³/mol. The molecule has 2 aliphatic carbocycles. The summed E-state index contributed by atoms with van der Waals surface area (Å²) in [5.41, 5.74) is 2.73. The van der Waals surface area contributed by atoms with E-state index in [2.05, 4.69) is 64.2 Å². The van der Waals surface area contributed by atoms with Crippen LogP contribution in [0.2, 0.25) is 0 Å². The zero-order valence-corrected chi connectivity index (χ0v) is 13.0. The van der Waals surface area contributed by atoms with Gasteiger partial charge in [0.25, 0.3) is 0 Å². The topological polar surface area (TPSA) is 0 Å². The third kappa shape index (κ3) is 6.28. The molecule has 0 N–H and O–H groups in total. The van der Waals surface area contributed by atoms with Crippen molar-refractivity contribution in [3.05, 3.63) is 47.6 Å². The van der Waals surface area contributed by atoms with Gasteiger partial charge in [-0.25, -0.2) is 23.3 Å². The molecule has 0 amide bonds. The van der Waals surface area contributed by atoms with Gasteiger partial charge in [-0.05, 0) is 0 Å². The first-order valence-electron chi connectivity index (χ1n) is 6.15. The quantitative estimate of drug-likeness (QED) is 0.498. The van der Waals surface area contributed by atoms with Crippen molar-refractivity contribution in [1.29, 1.82) is 0 Å². The minimum atomic E-state index is 0. The number of allylic oxidation sites excluding steroid dienone is 8. The normalized spacial score (nSPS) is 16.6. The molecule has 2 aliphatic rings. The van der Waals surface area contributed by atoms with Gasteiger partial charge in [-0.2, -0.15) is 12.2 Å². The molecule has 0 atom stereocenters. The zero-order chi connectivity index (χ0) is 12.0. The van der Waals surface area contributed by atoms with Crippen LogP contribution in [0, 0.1) is 24.0 Å². The average Bonchev–Trinajstić information content (AvgIpc) is 2.93. The van der Waals surface area contributed by atoms with Crippen LogP contribution in [0.15, 0.2) is 35.5 Å². The number of rotatable bonds is 2. The third-order valence-electron chi connectivity index (χ3n) is 2.69. The second-order valence-electron chi connectivity index (χ2n) is 4.79. The van der Waals surface area contributed by atoms with E-state index >= 15 is 0 Å². The van der Waals surface area contributed by atoms with Gasteiger partial charge in [0.15, 0.2) is 0 Å². The van der Waals surface area contributed by atoms with E-state index in [0.29, 0.717) is 11.8 Å². The van der Waals surface area contributed by atoms with E-state index in [1.165, 1.54) is 11.1 Å². The van der Waals surface area contributed by atoms with Crippen LogP contribution in [0.3, 0.4) is 0 Å². The van der Waals surface area contributed by atoms with Gasteiger partial charge in [-0.3, -0.25) is 12.2 Å². The molecule has 0 nitrogen and oxygen atoms in total. The van der Waals surface area contributed by atoms with Crippen molar-refractivity contribution in [3.63, 3.8) is 0 Å². The molecule has 0 saturated carbocycles. The molecule has 0 aromatic heterocycles. The number of hydrogen-bond acceptors (Lipinski definition) is 0. The van der Waals surface area contributed by atoms with Gasteiger partial charge in [0.2, 0.25) is 0 Å². The van der Waals surface area contributed by atoms with E-state index in [-0.39, 0.29) is 23.1 Å². The molecule has 0 aliphatic heterocycles. The van der Waals surface area contributed by atoms with Crippen molar-refractivity contribution in [2.45, 2.75) is 40.5 Å². The Balaban J connectivity index is 0.000000284. The molecule has 1 heteroatoms. The molecular formula is C16H22Mg. The van der Waals surface area contributed by atoms with Gasteiger partial charge in [-0.1, -0.05) is 39.5 Å². The summed E-state index contributed by atoms with van der Waals surface area (Å²) in [7, 11) is 0. The van der Waals surface area contributed by atoms with E-state index in [1.807, 2.05) is 0 Å². The van der Waals surface area contributed by atoms with Crippen molar-refractivity contribution < 1.29 is 0 Å². The fourth-order valence-electron chi connectivity index (χ4n) is 1.64. The van der Waals surface area contributed by atoms with E-state index < -0.39 is 0 Å². The monoisotopic (exact) mass is 238 g/mol. The third-order valence-corrected chi connectivity index (χ3v) is 2.69. The molecule has 0 fully saturated rings. The van der Waals surface area contributed by atoms with Crippen molar-refractivity contribution in [3.8, 4) is 0 Å². The van der Waals surface area contributed by atoms with Crippen LogP contribution in [-0.2, 0) is 0 Å². The summed E-state index contributed by atoms with van der Waals surface area (Å²) in [5.74, 6) is 1.32. The maximum atomic E-state index is 3.26.